The summed E-state index contributed by atoms with van der Waals surface area (Å²) in [4.78, 5) is 19.3. The van der Waals surface area contributed by atoms with E-state index in [1.165, 1.54) is 0 Å². The first-order valence-corrected chi connectivity index (χ1v) is 13.9. The summed E-state index contributed by atoms with van der Waals surface area (Å²) in [5, 5.41) is 7.00. The van der Waals surface area contributed by atoms with Crippen LogP contribution < -0.4 is 25.0 Å². The van der Waals surface area contributed by atoms with Crippen molar-refractivity contribution in [2.75, 3.05) is 23.9 Å². The predicted molar refractivity (Wildman–Crippen MR) is 167 cm³/mol. The first-order valence-electron chi connectivity index (χ1n) is 13.5. The highest BCUT2D eigenvalue weighted by atomic mass is 32.1. The third-order valence-electron chi connectivity index (χ3n) is 7.07. The topological polar surface area (TPSA) is 80.7 Å². The molecule has 1 aliphatic heterocycles. The number of methoxy groups -OCH3 is 1. The molecule has 0 radical (unpaired) electrons. The second-order valence-electron chi connectivity index (χ2n) is 9.69. The zero-order valence-electron chi connectivity index (χ0n) is 22.9. The van der Waals surface area contributed by atoms with E-state index in [1.807, 2.05) is 109 Å². The van der Waals surface area contributed by atoms with E-state index in [-0.39, 0.29) is 24.6 Å². The Labute approximate surface area is 249 Å². The van der Waals surface area contributed by atoms with E-state index in [1.54, 1.807) is 13.3 Å². The van der Waals surface area contributed by atoms with Crippen LogP contribution in [0.3, 0.4) is 0 Å². The molecule has 0 aliphatic carbocycles. The van der Waals surface area contributed by atoms with Crippen molar-refractivity contribution in [1.29, 1.82) is 0 Å². The molecule has 42 heavy (non-hydrogen) atoms. The summed E-state index contributed by atoms with van der Waals surface area (Å²) >= 11 is 5.90. The number of benzene rings is 3. The number of carbonyl (C=O) groups excluding carboxylic acids is 1. The number of rotatable bonds is 9. The molecule has 6 rings (SSSR count). The van der Waals surface area contributed by atoms with Crippen molar-refractivity contribution in [2.24, 2.45) is 0 Å². The summed E-state index contributed by atoms with van der Waals surface area (Å²) < 4.78 is 13.1. The standard InChI is InChI=1S/C33H29N5O3S/c1-40-26-18-16-24(17-19-26)37-21-7-11-29(37)32-31(28-10-5-6-20-34-28)36-33(42)38(32)25-14-12-23(13-15-25)35-30(39)22-41-27-8-3-2-4-9-27/h2-21,31-32H,22H2,1H3,(H,35,39)(H,36,42)/t31-,32+/m0/s1. The number of nitrogens with zero attached hydrogens (tertiary/aromatic N) is 3. The molecule has 1 amide bonds. The molecule has 9 heteroatoms. The lowest BCUT2D eigenvalue weighted by atomic mass is 10.0. The van der Waals surface area contributed by atoms with Crippen molar-refractivity contribution >= 4 is 34.6 Å². The highest BCUT2D eigenvalue weighted by molar-refractivity contribution is 7.80. The number of amides is 1. The predicted octanol–water partition coefficient (Wildman–Crippen LogP) is 6.08. The third kappa shape index (κ3) is 5.68. The van der Waals surface area contributed by atoms with E-state index in [0.717, 1.165) is 28.5 Å². The molecule has 0 saturated carbocycles. The third-order valence-corrected chi connectivity index (χ3v) is 7.39. The molecule has 0 spiro atoms. The summed E-state index contributed by atoms with van der Waals surface area (Å²) in [6.45, 7) is -0.0813. The van der Waals surface area contributed by atoms with Crippen molar-refractivity contribution in [1.82, 2.24) is 14.9 Å². The van der Waals surface area contributed by atoms with Gasteiger partial charge >= 0.3 is 0 Å². The molecule has 2 N–H and O–H groups in total. The molecule has 3 heterocycles. The summed E-state index contributed by atoms with van der Waals surface area (Å²) in [7, 11) is 1.66. The normalized spacial score (nSPS) is 16.1. The highest BCUT2D eigenvalue weighted by Crippen LogP contribution is 2.42. The van der Waals surface area contributed by atoms with Gasteiger partial charge in [-0.3, -0.25) is 9.78 Å². The van der Waals surface area contributed by atoms with Gasteiger partial charge in [0.1, 0.15) is 17.5 Å². The second kappa shape index (κ2) is 12.2. The van der Waals surface area contributed by atoms with Crippen molar-refractivity contribution in [2.45, 2.75) is 12.1 Å². The molecule has 5 aromatic rings. The molecule has 8 nitrogen and oxygen atoms in total. The number of carbonyl (C=O) groups is 1. The fourth-order valence-electron chi connectivity index (χ4n) is 5.11. The Morgan fingerprint density at radius 2 is 1.62 bits per heavy atom. The summed E-state index contributed by atoms with van der Waals surface area (Å²) in [5.74, 6) is 1.20. The maximum Gasteiger partial charge on any atom is 0.262 e. The largest absolute Gasteiger partial charge is 0.497 e. The van der Waals surface area contributed by atoms with E-state index >= 15 is 0 Å². The Morgan fingerprint density at radius 1 is 0.881 bits per heavy atom. The number of hydrogen-bond donors (Lipinski definition) is 2. The second-order valence-corrected chi connectivity index (χ2v) is 10.1. The summed E-state index contributed by atoms with van der Waals surface area (Å²) in [6.07, 6.45) is 3.84. The van der Waals surface area contributed by atoms with Crippen molar-refractivity contribution in [3.8, 4) is 17.2 Å². The average Bonchev–Trinajstić information content (AvgIpc) is 3.66. The number of para-hydroxylation sites is 1. The Morgan fingerprint density at radius 3 is 2.33 bits per heavy atom. The molecule has 0 unspecified atom stereocenters. The van der Waals surface area contributed by atoms with Gasteiger partial charge in [-0.1, -0.05) is 24.3 Å². The lowest BCUT2D eigenvalue weighted by molar-refractivity contribution is -0.118. The highest BCUT2D eigenvalue weighted by Gasteiger charge is 2.42. The molecule has 2 atom stereocenters. The minimum Gasteiger partial charge on any atom is -0.497 e. The van der Waals surface area contributed by atoms with Crippen LogP contribution in [0.15, 0.2) is 122 Å². The van der Waals surface area contributed by atoms with E-state index in [9.17, 15) is 4.79 Å². The van der Waals surface area contributed by atoms with Crippen LogP contribution in [-0.4, -0.2) is 34.3 Å². The molecular weight excluding hydrogens is 546 g/mol. The molecular formula is C33H29N5O3S. The van der Waals surface area contributed by atoms with Crippen LogP contribution in [0.4, 0.5) is 11.4 Å². The van der Waals surface area contributed by atoms with Crippen molar-refractivity contribution in [3.05, 3.63) is 133 Å². The smallest absolute Gasteiger partial charge is 0.262 e. The van der Waals surface area contributed by atoms with Crippen LogP contribution in [0.25, 0.3) is 5.69 Å². The number of nitrogens with one attached hydrogen (secondary N) is 2. The summed E-state index contributed by atoms with van der Waals surface area (Å²) in [6, 6.07) is 34.5. The van der Waals surface area contributed by atoms with Crippen LogP contribution in [0.1, 0.15) is 23.5 Å². The number of pyridine rings is 1. The van der Waals surface area contributed by atoms with Gasteiger partial charge in [-0.15, -0.1) is 0 Å². The maximum atomic E-state index is 12.5. The van der Waals surface area contributed by atoms with Crippen LogP contribution in [0.5, 0.6) is 11.5 Å². The molecule has 2 aromatic heterocycles. The molecule has 1 fully saturated rings. The zero-order chi connectivity index (χ0) is 28.9. The monoisotopic (exact) mass is 575 g/mol. The van der Waals surface area contributed by atoms with Crippen molar-refractivity contribution in [3.63, 3.8) is 0 Å². The van der Waals surface area contributed by atoms with E-state index in [2.05, 4.69) is 31.2 Å². The zero-order valence-corrected chi connectivity index (χ0v) is 23.7. The minimum absolute atomic E-state index is 0.0813. The quantitative estimate of drug-likeness (QED) is 0.206. The number of aromatic nitrogens is 2. The first kappa shape index (κ1) is 27.0. The molecule has 0 bridgehead atoms. The van der Waals surface area contributed by atoms with Gasteiger partial charge < -0.3 is 29.6 Å². The van der Waals surface area contributed by atoms with E-state index < -0.39 is 0 Å². The van der Waals surface area contributed by atoms with Crippen LogP contribution >= 0.6 is 12.2 Å². The number of hydrogen-bond acceptors (Lipinski definition) is 5. The fraction of sp³-hybridized carbons (Fsp3) is 0.121. The van der Waals surface area contributed by atoms with E-state index in [4.69, 9.17) is 21.7 Å². The molecule has 210 valence electrons. The Bertz CT molecular complexity index is 1660. The lowest BCUT2D eigenvalue weighted by Crippen LogP contribution is -2.30. The van der Waals surface area contributed by atoms with Crippen molar-refractivity contribution < 1.29 is 14.3 Å². The van der Waals surface area contributed by atoms with Gasteiger partial charge in [0.2, 0.25) is 0 Å². The van der Waals surface area contributed by atoms with Gasteiger partial charge in [0, 0.05) is 35.1 Å². The fourth-order valence-corrected chi connectivity index (χ4v) is 5.46. The number of ether oxygens (including phenoxy) is 2. The SMILES string of the molecule is COc1ccc(-n2cccc2[C@@H]2[C@H](c3ccccn3)NC(=S)N2c2ccc(NC(=O)COc3ccccc3)cc2)cc1. The minimum atomic E-state index is -0.240. The van der Waals surface area contributed by atoms with Gasteiger partial charge in [-0.25, -0.2) is 0 Å². The molecule has 3 aromatic carbocycles. The van der Waals surface area contributed by atoms with Gasteiger partial charge in [-0.2, -0.15) is 0 Å². The number of thiocarbonyl (C=S) groups is 1. The van der Waals surface area contributed by atoms with Gasteiger partial charge in [-0.05, 0) is 97.1 Å². The van der Waals surface area contributed by atoms with Crippen LogP contribution in [0, 0.1) is 0 Å². The molecule has 1 aliphatic rings. The Hall–Kier alpha value is -5.15. The van der Waals surface area contributed by atoms with Crippen LogP contribution in [0.2, 0.25) is 0 Å². The summed E-state index contributed by atoms with van der Waals surface area (Å²) in [5.41, 5.74) is 4.48. The van der Waals surface area contributed by atoms with Gasteiger partial charge in [0.25, 0.3) is 5.91 Å². The average molecular weight is 576 g/mol. The number of anilines is 2. The first-order chi connectivity index (χ1) is 20.6. The Kier molecular flexibility index (Phi) is 7.83. The van der Waals surface area contributed by atoms with Crippen LogP contribution in [-0.2, 0) is 4.79 Å². The maximum absolute atomic E-state index is 12.5. The molecule has 1 saturated heterocycles. The van der Waals surface area contributed by atoms with E-state index in [0.29, 0.717) is 16.5 Å². The lowest BCUT2D eigenvalue weighted by Gasteiger charge is -2.29. The van der Waals surface area contributed by atoms with Gasteiger partial charge in [0.05, 0.1) is 18.8 Å². The Balaban J connectivity index is 1.28. The van der Waals surface area contributed by atoms with Gasteiger partial charge in [0.15, 0.2) is 11.7 Å².